The molecule has 0 saturated carbocycles. The van der Waals surface area contributed by atoms with E-state index in [4.69, 9.17) is 14.8 Å². The zero-order valence-corrected chi connectivity index (χ0v) is 8.36. The maximum absolute atomic E-state index is 10.3. The van der Waals surface area contributed by atoms with Gasteiger partial charge in [0, 0.05) is 5.57 Å². The highest BCUT2D eigenvalue weighted by atomic mass is 32.2. The number of aliphatic hydroxyl groups is 1. The van der Waals surface area contributed by atoms with Gasteiger partial charge in [0.25, 0.3) is 10.1 Å². The van der Waals surface area contributed by atoms with Crippen LogP contribution < -0.4 is 0 Å². The summed E-state index contributed by atoms with van der Waals surface area (Å²) in [5, 5.41) is 17.4. The Kier molecular flexibility index (Phi) is 4.75. The fraction of sp³-hybridized carbons (Fsp3) is 0.571. The minimum absolute atomic E-state index is 0.0133. The molecule has 0 saturated heterocycles. The molecule has 3 N–H and O–H groups in total. The second-order valence-corrected chi connectivity index (χ2v) is 4.33. The summed E-state index contributed by atoms with van der Waals surface area (Å²) in [6.07, 6.45) is -0.227. The van der Waals surface area contributed by atoms with Crippen molar-refractivity contribution in [3.8, 4) is 0 Å². The molecule has 6 nitrogen and oxygen atoms in total. The number of carbonyl (C=O) groups is 1. The van der Waals surface area contributed by atoms with Crippen LogP contribution >= 0.6 is 0 Å². The summed E-state index contributed by atoms with van der Waals surface area (Å²) >= 11 is 0. The Labute approximate surface area is 81.6 Å². The number of aliphatic hydroxyl groups excluding tert-OH is 1. The minimum Gasteiger partial charge on any atom is -0.478 e. The van der Waals surface area contributed by atoms with E-state index in [1.807, 2.05) is 0 Å². The molecule has 14 heavy (non-hydrogen) atoms. The first-order valence-corrected chi connectivity index (χ1v) is 5.36. The van der Waals surface area contributed by atoms with Gasteiger partial charge in [-0.25, -0.2) is 4.79 Å². The molecule has 0 amide bonds. The van der Waals surface area contributed by atoms with Crippen molar-refractivity contribution in [1.29, 1.82) is 0 Å². The summed E-state index contributed by atoms with van der Waals surface area (Å²) in [7, 11) is -4.22. The fourth-order valence-electron chi connectivity index (χ4n) is 0.711. The molecule has 0 aliphatic heterocycles. The molecular formula is C7H12O6S. The molecule has 0 fully saturated rings. The molecular weight excluding hydrogens is 212 g/mol. The van der Waals surface area contributed by atoms with Gasteiger partial charge >= 0.3 is 5.97 Å². The lowest BCUT2D eigenvalue weighted by Gasteiger charge is -2.04. The highest BCUT2D eigenvalue weighted by Gasteiger charge is 2.13. The van der Waals surface area contributed by atoms with E-state index in [0.29, 0.717) is 0 Å². The van der Waals surface area contributed by atoms with Crippen molar-refractivity contribution in [2.45, 2.75) is 19.4 Å². The van der Waals surface area contributed by atoms with Crippen molar-refractivity contribution in [3.05, 3.63) is 11.6 Å². The minimum atomic E-state index is -4.22. The van der Waals surface area contributed by atoms with Crippen LogP contribution in [0.4, 0.5) is 0 Å². The van der Waals surface area contributed by atoms with Gasteiger partial charge < -0.3 is 10.2 Å². The SMILES string of the molecule is CC(=CCC(O)CS(=O)(=O)O)C(=O)O. The monoisotopic (exact) mass is 224 g/mol. The predicted octanol–water partition coefficient (Wildman–Crippen LogP) is -0.344. The molecule has 7 heteroatoms. The molecule has 0 radical (unpaired) electrons. The van der Waals surface area contributed by atoms with Crippen LogP contribution in [0.2, 0.25) is 0 Å². The summed E-state index contributed by atoms with van der Waals surface area (Å²) in [5.41, 5.74) is 0.0133. The summed E-state index contributed by atoms with van der Waals surface area (Å²) in [6, 6.07) is 0. The van der Waals surface area contributed by atoms with E-state index in [1.165, 1.54) is 13.0 Å². The standard InChI is InChI=1S/C7H12O6S/c1-5(7(9)10)2-3-6(8)4-14(11,12)13/h2,6,8H,3-4H2,1H3,(H,9,10)(H,11,12,13). The number of hydrogen-bond acceptors (Lipinski definition) is 4. The van der Waals surface area contributed by atoms with Gasteiger partial charge in [-0.2, -0.15) is 8.42 Å². The lowest BCUT2D eigenvalue weighted by Crippen LogP contribution is -2.19. The predicted molar refractivity (Wildman–Crippen MR) is 48.4 cm³/mol. The molecule has 0 aliphatic carbocycles. The lowest BCUT2D eigenvalue weighted by atomic mass is 10.2. The molecule has 0 bridgehead atoms. The third-order valence-electron chi connectivity index (χ3n) is 1.44. The van der Waals surface area contributed by atoms with Crippen LogP contribution in [0.1, 0.15) is 13.3 Å². The molecule has 0 aromatic rings. The highest BCUT2D eigenvalue weighted by Crippen LogP contribution is 2.01. The van der Waals surface area contributed by atoms with Gasteiger partial charge in [-0.3, -0.25) is 4.55 Å². The van der Waals surface area contributed by atoms with Gasteiger partial charge in [-0.1, -0.05) is 6.08 Å². The topological polar surface area (TPSA) is 112 Å². The number of carboxylic acids is 1. The fourth-order valence-corrected chi connectivity index (χ4v) is 1.33. The Bertz CT molecular complexity index is 328. The molecule has 1 unspecified atom stereocenters. The van der Waals surface area contributed by atoms with E-state index in [9.17, 15) is 13.2 Å². The van der Waals surface area contributed by atoms with E-state index in [0.717, 1.165) is 0 Å². The average molecular weight is 224 g/mol. The van der Waals surface area contributed by atoms with Gasteiger partial charge in [0.1, 0.15) is 5.75 Å². The largest absolute Gasteiger partial charge is 0.478 e. The van der Waals surface area contributed by atoms with E-state index < -0.39 is 27.9 Å². The van der Waals surface area contributed by atoms with Crippen molar-refractivity contribution in [1.82, 2.24) is 0 Å². The molecule has 82 valence electrons. The average Bonchev–Trinajstić information content (AvgIpc) is 1.96. The Balaban J connectivity index is 4.16. The van der Waals surface area contributed by atoms with Gasteiger partial charge in [-0.15, -0.1) is 0 Å². The maximum atomic E-state index is 10.3. The second-order valence-electron chi connectivity index (χ2n) is 2.83. The number of rotatable bonds is 5. The third-order valence-corrected chi connectivity index (χ3v) is 2.24. The van der Waals surface area contributed by atoms with Crippen LogP contribution in [0.3, 0.4) is 0 Å². The first kappa shape index (κ1) is 13.1. The smallest absolute Gasteiger partial charge is 0.330 e. The first-order chi connectivity index (χ1) is 6.22. The van der Waals surface area contributed by atoms with E-state index in [1.54, 1.807) is 0 Å². The number of hydrogen-bond donors (Lipinski definition) is 3. The molecule has 0 aliphatic rings. The summed E-state index contributed by atoms with van der Waals surface area (Å²) in [5.74, 6) is -1.93. The second kappa shape index (κ2) is 5.08. The van der Waals surface area contributed by atoms with Crippen molar-refractivity contribution in [3.63, 3.8) is 0 Å². The van der Waals surface area contributed by atoms with Gasteiger partial charge in [0.05, 0.1) is 6.10 Å². The zero-order valence-electron chi connectivity index (χ0n) is 7.54. The Morgan fingerprint density at radius 2 is 2.00 bits per heavy atom. The molecule has 1 atom stereocenters. The first-order valence-electron chi connectivity index (χ1n) is 3.75. The van der Waals surface area contributed by atoms with Crippen LogP contribution in [0, 0.1) is 0 Å². The Morgan fingerprint density at radius 1 is 1.50 bits per heavy atom. The van der Waals surface area contributed by atoms with Crippen molar-refractivity contribution in [2.24, 2.45) is 0 Å². The van der Waals surface area contributed by atoms with Crippen molar-refractivity contribution >= 4 is 16.1 Å². The lowest BCUT2D eigenvalue weighted by molar-refractivity contribution is -0.132. The Hall–Kier alpha value is -0.920. The molecule has 0 spiro atoms. The van der Waals surface area contributed by atoms with Gasteiger partial charge in [0.15, 0.2) is 0 Å². The zero-order chi connectivity index (χ0) is 11.4. The molecule has 0 aromatic heterocycles. The summed E-state index contributed by atoms with van der Waals surface area (Å²) in [6.45, 7) is 1.32. The normalized spacial score (nSPS) is 15.2. The van der Waals surface area contributed by atoms with Gasteiger partial charge in [0.2, 0.25) is 0 Å². The van der Waals surface area contributed by atoms with Crippen LogP contribution in [0.15, 0.2) is 11.6 Å². The Morgan fingerprint density at radius 3 is 2.36 bits per heavy atom. The van der Waals surface area contributed by atoms with E-state index >= 15 is 0 Å². The third kappa shape index (κ3) is 6.58. The summed E-state index contributed by atoms with van der Waals surface area (Å²) < 4.78 is 28.9. The van der Waals surface area contributed by atoms with Crippen LogP contribution in [0.25, 0.3) is 0 Å². The number of aliphatic carboxylic acids is 1. The molecule has 0 aromatic carbocycles. The van der Waals surface area contributed by atoms with E-state index in [-0.39, 0.29) is 12.0 Å². The highest BCUT2D eigenvalue weighted by molar-refractivity contribution is 7.85. The van der Waals surface area contributed by atoms with Crippen molar-refractivity contribution in [2.75, 3.05) is 5.75 Å². The molecule has 0 rings (SSSR count). The van der Waals surface area contributed by atoms with Crippen LogP contribution in [0.5, 0.6) is 0 Å². The quantitative estimate of drug-likeness (QED) is 0.435. The van der Waals surface area contributed by atoms with E-state index in [2.05, 4.69) is 0 Å². The maximum Gasteiger partial charge on any atom is 0.330 e. The summed E-state index contributed by atoms with van der Waals surface area (Å²) in [4.78, 5) is 10.3. The number of carboxylic acid groups (broad SMARTS) is 1. The molecule has 0 heterocycles. The van der Waals surface area contributed by atoms with Crippen LogP contribution in [-0.4, -0.2) is 41.0 Å². The van der Waals surface area contributed by atoms with Gasteiger partial charge in [-0.05, 0) is 13.3 Å². The van der Waals surface area contributed by atoms with Crippen molar-refractivity contribution < 1.29 is 28.0 Å². The van der Waals surface area contributed by atoms with Crippen LogP contribution in [-0.2, 0) is 14.9 Å².